The molecular formula is C22H24N4O2S. The van der Waals surface area contributed by atoms with Crippen molar-refractivity contribution in [2.24, 2.45) is 0 Å². The molecule has 0 bridgehead atoms. The fraction of sp³-hybridized carbons (Fsp3) is 0.273. The van der Waals surface area contributed by atoms with E-state index in [2.05, 4.69) is 38.1 Å². The summed E-state index contributed by atoms with van der Waals surface area (Å²) in [4.78, 5) is 6.75. The van der Waals surface area contributed by atoms with Crippen LogP contribution in [0.3, 0.4) is 0 Å². The van der Waals surface area contributed by atoms with Crippen LogP contribution in [0.25, 0.3) is 0 Å². The van der Waals surface area contributed by atoms with Crippen LogP contribution in [0.1, 0.15) is 23.5 Å². The third kappa shape index (κ3) is 3.83. The molecule has 1 aliphatic heterocycles. The van der Waals surface area contributed by atoms with E-state index in [1.54, 1.807) is 14.2 Å². The van der Waals surface area contributed by atoms with Gasteiger partial charge in [0.2, 0.25) is 0 Å². The highest BCUT2D eigenvalue weighted by Gasteiger charge is 2.42. The molecule has 150 valence electrons. The third-order valence-electron chi connectivity index (χ3n) is 5.13. The lowest BCUT2D eigenvalue weighted by atomic mass is 10.0. The predicted molar refractivity (Wildman–Crippen MR) is 117 cm³/mol. The molecule has 1 N–H and O–H groups in total. The second-order valence-electron chi connectivity index (χ2n) is 6.82. The zero-order chi connectivity index (χ0) is 20.2. The van der Waals surface area contributed by atoms with E-state index in [9.17, 15) is 0 Å². The fourth-order valence-corrected chi connectivity index (χ4v) is 4.13. The molecule has 1 aromatic carbocycles. The summed E-state index contributed by atoms with van der Waals surface area (Å²) in [6.07, 6.45) is 3.89. The summed E-state index contributed by atoms with van der Waals surface area (Å²) < 4.78 is 13.0. The van der Waals surface area contributed by atoms with Gasteiger partial charge in [-0.05, 0) is 48.6 Å². The van der Waals surface area contributed by atoms with E-state index in [4.69, 9.17) is 21.7 Å². The quantitative estimate of drug-likeness (QED) is 0.602. The Morgan fingerprint density at radius 3 is 2.76 bits per heavy atom. The van der Waals surface area contributed by atoms with Gasteiger partial charge in [-0.2, -0.15) is 0 Å². The molecule has 1 fully saturated rings. The number of nitrogens with one attached hydrogen (secondary N) is 1. The van der Waals surface area contributed by atoms with Crippen molar-refractivity contribution in [1.29, 1.82) is 0 Å². The van der Waals surface area contributed by atoms with Crippen molar-refractivity contribution in [1.82, 2.24) is 14.9 Å². The van der Waals surface area contributed by atoms with E-state index in [0.29, 0.717) is 11.7 Å². The van der Waals surface area contributed by atoms with Gasteiger partial charge in [-0.25, -0.2) is 0 Å². The van der Waals surface area contributed by atoms with E-state index in [1.165, 1.54) is 0 Å². The van der Waals surface area contributed by atoms with Gasteiger partial charge in [0.25, 0.3) is 0 Å². The Labute approximate surface area is 176 Å². The highest BCUT2D eigenvalue weighted by molar-refractivity contribution is 7.80. The SMILES string of the molecule is COCCn1cccc1[C@H]1[C@H](c2ccccn2)NC(=S)N1c1cccc(OC)c1. The Morgan fingerprint density at radius 1 is 1.10 bits per heavy atom. The number of pyridine rings is 1. The van der Waals surface area contributed by atoms with Gasteiger partial charge in [-0.3, -0.25) is 4.98 Å². The molecule has 3 aromatic rings. The summed E-state index contributed by atoms with van der Waals surface area (Å²) >= 11 is 5.77. The van der Waals surface area contributed by atoms with Crippen molar-refractivity contribution in [3.05, 3.63) is 78.4 Å². The van der Waals surface area contributed by atoms with E-state index in [-0.39, 0.29) is 12.1 Å². The first kappa shape index (κ1) is 19.4. The van der Waals surface area contributed by atoms with Crippen LogP contribution >= 0.6 is 12.2 Å². The largest absolute Gasteiger partial charge is 0.497 e. The molecule has 3 heterocycles. The minimum atomic E-state index is -0.0777. The molecular weight excluding hydrogens is 384 g/mol. The lowest BCUT2D eigenvalue weighted by molar-refractivity contribution is 0.186. The lowest BCUT2D eigenvalue weighted by Gasteiger charge is -2.29. The Kier molecular flexibility index (Phi) is 5.78. The number of methoxy groups -OCH3 is 2. The maximum atomic E-state index is 5.77. The van der Waals surface area contributed by atoms with E-state index in [0.717, 1.165) is 29.4 Å². The molecule has 6 nitrogen and oxygen atoms in total. The van der Waals surface area contributed by atoms with Crippen LogP contribution in [-0.4, -0.2) is 35.5 Å². The smallest absolute Gasteiger partial charge is 0.174 e. The van der Waals surface area contributed by atoms with Crippen LogP contribution in [0.4, 0.5) is 5.69 Å². The average Bonchev–Trinajstić information content (AvgIpc) is 3.36. The van der Waals surface area contributed by atoms with Gasteiger partial charge >= 0.3 is 0 Å². The van der Waals surface area contributed by atoms with Crippen LogP contribution in [0.2, 0.25) is 0 Å². The first-order chi connectivity index (χ1) is 14.2. The van der Waals surface area contributed by atoms with E-state index in [1.807, 2.05) is 48.7 Å². The van der Waals surface area contributed by atoms with E-state index >= 15 is 0 Å². The van der Waals surface area contributed by atoms with Crippen LogP contribution in [0, 0.1) is 0 Å². The van der Waals surface area contributed by atoms with Crippen molar-refractivity contribution < 1.29 is 9.47 Å². The molecule has 2 aromatic heterocycles. The molecule has 2 atom stereocenters. The average molecular weight is 409 g/mol. The number of aromatic nitrogens is 2. The summed E-state index contributed by atoms with van der Waals surface area (Å²) in [5.41, 5.74) is 3.07. The number of hydrogen-bond donors (Lipinski definition) is 1. The Morgan fingerprint density at radius 2 is 2.00 bits per heavy atom. The summed E-state index contributed by atoms with van der Waals surface area (Å²) in [7, 11) is 3.39. The topological polar surface area (TPSA) is 51.5 Å². The summed E-state index contributed by atoms with van der Waals surface area (Å²) in [5.74, 6) is 0.792. The van der Waals surface area contributed by atoms with Crippen LogP contribution in [0.15, 0.2) is 67.0 Å². The second-order valence-corrected chi connectivity index (χ2v) is 7.20. The number of hydrogen-bond acceptors (Lipinski definition) is 4. The first-order valence-electron chi connectivity index (χ1n) is 9.51. The normalized spacial score (nSPS) is 18.7. The van der Waals surface area contributed by atoms with Crippen molar-refractivity contribution in [2.45, 2.75) is 18.6 Å². The monoisotopic (exact) mass is 408 g/mol. The summed E-state index contributed by atoms with van der Waals surface area (Å²) in [6, 6.07) is 18.0. The van der Waals surface area contributed by atoms with Gasteiger partial charge in [-0.1, -0.05) is 12.1 Å². The number of anilines is 1. The van der Waals surface area contributed by atoms with Crippen LogP contribution in [-0.2, 0) is 11.3 Å². The Balaban J connectivity index is 1.81. The molecule has 0 unspecified atom stereocenters. The van der Waals surface area contributed by atoms with Gasteiger partial charge < -0.3 is 24.3 Å². The number of nitrogens with zero attached hydrogens (tertiary/aromatic N) is 3. The maximum absolute atomic E-state index is 5.77. The minimum Gasteiger partial charge on any atom is -0.497 e. The number of rotatable bonds is 7. The summed E-state index contributed by atoms with van der Waals surface area (Å²) in [5, 5.41) is 4.15. The van der Waals surface area contributed by atoms with Crippen molar-refractivity contribution in [3.63, 3.8) is 0 Å². The highest BCUT2D eigenvalue weighted by Crippen LogP contribution is 2.42. The van der Waals surface area contributed by atoms with E-state index < -0.39 is 0 Å². The second kappa shape index (κ2) is 8.63. The molecule has 29 heavy (non-hydrogen) atoms. The lowest BCUT2D eigenvalue weighted by Crippen LogP contribution is -2.30. The maximum Gasteiger partial charge on any atom is 0.174 e. The minimum absolute atomic E-state index is 0.0589. The van der Waals surface area contributed by atoms with Gasteiger partial charge in [-0.15, -0.1) is 0 Å². The van der Waals surface area contributed by atoms with Crippen molar-refractivity contribution in [2.75, 3.05) is 25.7 Å². The molecule has 0 amide bonds. The molecule has 0 saturated carbocycles. The van der Waals surface area contributed by atoms with Crippen molar-refractivity contribution >= 4 is 23.0 Å². The van der Waals surface area contributed by atoms with Gasteiger partial charge in [0.05, 0.1) is 25.5 Å². The molecule has 1 aliphatic rings. The zero-order valence-electron chi connectivity index (χ0n) is 16.5. The van der Waals surface area contributed by atoms with Gasteiger partial charge in [0.1, 0.15) is 11.8 Å². The van der Waals surface area contributed by atoms with Crippen LogP contribution in [0.5, 0.6) is 5.75 Å². The van der Waals surface area contributed by atoms with Crippen LogP contribution < -0.4 is 15.0 Å². The fourth-order valence-electron chi connectivity index (χ4n) is 3.78. The summed E-state index contributed by atoms with van der Waals surface area (Å²) in [6.45, 7) is 1.41. The van der Waals surface area contributed by atoms with Gasteiger partial charge in [0.15, 0.2) is 5.11 Å². The number of benzene rings is 1. The molecule has 0 radical (unpaired) electrons. The molecule has 1 saturated heterocycles. The Hall–Kier alpha value is -2.90. The molecule has 4 rings (SSSR count). The highest BCUT2D eigenvalue weighted by atomic mass is 32.1. The molecule has 0 aliphatic carbocycles. The predicted octanol–water partition coefficient (Wildman–Crippen LogP) is 3.72. The number of thiocarbonyl (C=S) groups is 1. The number of ether oxygens (including phenoxy) is 2. The Bertz CT molecular complexity index is 976. The molecule has 0 spiro atoms. The standard InChI is InChI=1S/C22H24N4O2S/c1-27-14-13-25-12-6-10-19(25)21-20(18-9-3-4-11-23-18)24-22(29)26(21)16-7-5-8-17(15-16)28-2/h3-12,15,20-21H,13-14H2,1-2H3,(H,24,29)/t20-,21-/m0/s1. The first-order valence-corrected chi connectivity index (χ1v) is 9.92. The third-order valence-corrected chi connectivity index (χ3v) is 5.45. The van der Waals surface area contributed by atoms with Crippen molar-refractivity contribution in [3.8, 4) is 5.75 Å². The van der Waals surface area contributed by atoms with Gasteiger partial charge in [0, 0.05) is 43.5 Å². The molecule has 7 heteroatoms. The zero-order valence-corrected chi connectivity index (χ0v) is 17.3.